The number of hydrogen-bond donors (Lipinski definition) is 1. The van der Waals surface area contributed by atoms with Crippen LogP contribution in [0.5, 0.6) is 0 Å². The van der Waals surface area contributed by atoms with Crippen molar-refractivity contribution in [3.05, 3.63) is 52.1 Å². The lowest BCUT2D eigenvalue weighted by Gasteiger charge is -1.99. The van der Waals surface area contributed by atoms with Crippen molar-refractivity contribution in [1.82, 2.24) is 5.32 Å². The van der Waals surface area contributed by atoms with Crippen LogP contribution in [0.3, 0.4) is 0 Å². The lowest BCUT2D eigenvalue weighted by atomic mass is 10.3. The molecule has 0 fully saturated rings. The fourth-order valence-electron chi connectivity index (χ4n) is 1.65. The first-order valence-corrected chi connectivity index (χ1v) is 7.43. The number of rotatable bonds is 9. The van der Waals surface area contributed by atoms with Gasteiger partial charge in [-0.2, -0.15) is 11.3 Å². The van der Waals surface area contributed by atoms with Gasteiger partial charge in [0.05, 0.1) is 13.2 Å². The van der Waals surface area contributed by atoms with Crippen molar-refractivity contribution in [1.29, 1.82) is 0 Å². The van der Waals surface area contributed by atoms with E-state index in [1.807, 2.05) is 29.7 Å². The molecule has 1 N–H and O–H groups in total. The maximum absolute atomic E-state index is 11.9. The van der Waals surface area contributed by atoms with E-state index in [2.05, 4.69) is 16.8 Å². The van der Waals surface area contributed by atoms with Gasteiger partial charge in [0.15, 0.2) is 0 Å². The lowest BCUT2D eigenvalue weighted by molar-refractivity contribution is 0.130. The summed E-state index contributed by atoms with van der Waals surface area (Å²) < 4.78 is 23.0. The molecule has 5 heteroatoms. The SMILES string of the molecule is FCCNCc1ccc(COCC=Cc2ccsc2)o1. The van der Waals surface area contributed by atoms with Gasteiger partial charge in [-0.25, -0.2) is 4.39 Å². The highest BCUT2D eigenvalue weighted by Crippen LogP contribution is 2.10. The third-order valence-corrected chi connectivity index (χ3v) is 3.30. The summed E-state index contributed by atoms with van der Waals surface area (Å²) in [4.78, 5) is 0. The van der Waals surface area contributed by atoms with E-state index in [1.54, 1.807) is 11.3 Å². The van der Waals surface area contributed by atoms with Gasteiger partial charge >= 0.3 is 0 Å². The highest BCUT2D eigenvalue weighted by Gasteiger charge is 2.01. The van der Waals surface area contributed by atoms with E-state index < -0.39 is 0 Å². The molecule has 2 aromatic heterocycles. The number of furan rings is 1. The second-order valence-corrected chi connectivity index (χ2v) is 4.99. The molecule has 0 aliphatic heterocycles. The van der Waals surface area contributed by atoms with Gasteiger partial charge in [0.2, 0.25) is 0 Å². The van der Waals surface area contributed by atoms with Crippen molar-refractivity contribution < 1.29 is 13.5 Å². The molecule has 2 aromatic rings. The van der Waals surface area contributed by atoms with Crippen molar-refractivity contribution in [3.63, 3.8) is 0 Å². The summed E-state index contributed by atoms with van der Waals surface area (Å²) in [6.07, 6.45) is 4.01. The maximum Gasteiger partial charge on any atom is 0.129 e. The first kappa shape index (κ1) is 15.0. The summed E-state index contributed by atoms with van der Waals surface area (Å²) >= 11 is 1.67. The Kier molecular flexibility index (Phi) is 6.50. The van der Waals surface area contributed by atoms with Crippen LogP contribution in [-0.4, -0.2) is 19.8 Å². The van der Waals surface area contributed by atoms with Crippen molar-refractivity contribution in [2.45, 2.75) is 13.2 Å². The number of thiophene rings is 1. The second kappa shape index (κ2) is 8.68. The molecule has 108 valence electrons. The minimum atomic E-state index is -0.368. The predicted molar refractivity (Wildman–Crippen MR) is 79.4 cm³/mol. The smallest absolute Gasteiger partial charge is 0.129 e. The van der Waals surface area contributed by atoms with Gasteiger partial charge in [0, 0.05) is 6.54 Å². The van der Waals surface area contributed by atoms with E-state index in [0.717, 1.165) is 11.5 Å². The highest BCUT2D eigenvalue weighted by atomic mass is 32.1. The van der Waals surface area contributed by atoms with Crippen LogP contribution in [0.15, 0.2) is 39.5 Å². The first-order chi connectivity index (χ1) is 9.88. The standard InChI is InChI=1S/C15H18FNO2S/c16-6-7-17-10-14-3-4-15(19-14)11-18-8-1-2-13-5-9-20-12-13/h1-5,9,12,17H,6-8,10-11H2. The molecule has 0 saturated heterocycles. The quantitative estimate of drug-likeness (QED) is 0.717. The van der Waals surface area contributed by atoms with Crippen LogP contribution in [0.1, 0.15) is 17.1 Å². The summed E-state index contributed by atoms with van der Waals surface area (Å²) in [5, 5.41) is 7.06. The molecule has 0 atom stereocenters. The van der Waals surface area contributed by atoms with Crippen LogP contribution < -0.4 is 5.32 Å². The highest BCUT2D eigenvalue weighted by molar-refractivity contribution is 7.08. The van der Waals surface area contributed by atoms with E-state index in [0.29, 0.717) is 26.3 Å². The van der Waals surface area contributed by atoms with Crippen LogP contribution in [-0.2, 0) is 17.9 Å². The molecule has 20 heavy (non-hydrogen) atoms. The molecule has 0 radical (unpaired) electrons. The van der Waals surface area contributed by atoms with Gasteiger partial charge < -0.3 is 14.5 Å². The Hall–Kier alpha value is -1.43. The van der Waals surface area contributed by atoms with Gasteiger partial charge in [0.1, 0.15) is 24.8 Å². The van der Waals surface area contributed by atoms with Crippen LogP contribution >= 0.6 is 11.3 Å². The Morgan fingerprint density at radius 2 is 2.20 bits per heavy atom. The largest absolute Gasteiger partial charge is 0.462 e. The Labute approximate surface area is 122 Å². The van der Waals surface area contributed by atoms with Crippen molar-refractivity contribution >= 4 is 17.4 Å². The van der Waals surface area contributed by atoms with E-state index in [4.69, 9.17) is 9.15 Å². The Morgan fingerprint density at radius 3 is 3.00 bits per heavy atom. The van der Waals surface area contributed by atoms with E-state index in [9.17, 15) is 4.39 Å². The normalized spacial score (nSPS) is 11.4. The molecule has 0 aliphatic carbocycles. The molecule has 0 bridgehead atoms. The molecular weight excluding hydrogens is 277 g/mol. The Bertz CT molecular complexity index is 508. The minimum absolute atomic E-state index is 0.347. The number of halogens is 1. The third-order valence-electron chi connectivity index (χ3n) is 2.60. The van der Waals surface area contributed by atoms with E-state index in [1.165, 1.54) is 5.56 Å². The molecule has 0 aliphatic rings. The van der Waals surface area contributed by atoms with E-state index in [-0.39, 0.29) is 6.67 Å². The monoisotopic (exact) mass is 295 g/mol. The van der Waals surface area contributed by atoms with Gasteiger partial charge in [-0.15, -0.1) is 0 Å². The topological polar surface area (TPSA) is 34.4 Å². The summed E-state index contributed by atoms with van der Waals surface area (Å²) in [5.41, 5.74) is 1.19. The van der Waals surface area contributed by atoms with Gasteiger partial charge in [-0.1, -0.05) is 12.2 Å². The molecule has 3 nitrogen and oxygen atoms in total. The average molecular weight is 295 g/mol. The van der Waals surface area contributed by atoms with Gasteiger partial charge in [-0.3, -0.25) is 0 Å². The molecule has 0 unspecified atom stereocenters. The lowest BCUT2D eigenvalue weighted by Crippen LogP contribution is -2.15. The summed E-state index contributed by atoms with van der Waals surface area (Å²) in [5.74, 6) is 1.58. The summed E-state index contributed by atoms with van der Waals surface area (Å²) in [7, 11) is 0. The first-order valence-electron chi connectivity index (χ1n) is 6.49. The number of ether oxygens (including phenoxy) is 1. The summed E-state index contributed by atoms with van der Waals surface area (Å²) in [6, 6.07) is 5.82. The average Bonchev–Trinajstić information content (AvgIpc) is 3.10. The van der Waals surface area contributed by atoms with Crippen LogP contribution in [0.25, 0.3) is 6.08 Å². The summed E-state index contributed by atoms with van der Waals surface area (Å²) in [6.45, 7) is 1.51. The molecule has 0 amide bonds. The number of alkyl halides is 1. The minimum Gasteiger partial charge on any atom is -0.462 e. The number of nitrogens with one attached hydrogen (secondary N) is 1. The van der Waals surface area contributed by atoms with Crippen LogP contribution in [0.2, 0.25) is 0 Å². The van der Waals surface area contributed by atoms with Gasteiger partial charge in [-0.05, 0) is 34.5 Å². The maximum atomic E-state index is 11.9. The zero-order valence-electron chi connectivity index (χ0n) is 11.2. The fourth-order valence-corrected chi connectivity index (χ4v) is 2.28. The zero-order valence-corrected chi connectivity index (χ0v) is 12.0. The zero-order chi connectivity index (χ0) is 14.0. The second-order valence-electron chi connectivity index (χ2n) is 4.21. The molecule has 0 spiro atoms. The molecule has 2 rings (SSSR count). The molecule has 0 aromatic carbocycles. The number of hydrogen-bond acceptors (Lipinski definition) is 4. The molecule has 2 heterocycles. The Morgan fingerprint density at radius 1 is 1.30 bits per heavy atom. The Balaban J connectivity index is 1.64. The van der Waals surface area contributed by atoms with Crippen molar-refractivity contribution in [2.24, 2.45) is 0 Å². The van der Waals surface area contributed by atoms with Crippen LogP contribution in [0.4, 0.5) is 4.39 Å². The third kappa shape index (κ3) is 5.28. The van der Waals surface area contributed by atoms with Crippen molar-refractivity contribution in [3.8, 4) is 0 Å². The van der Waals surface area contributed by atoms with Crippen molar-refractivity contribution in [2.75, 3.05) is 19.8 Å². The molecule has 0 saturated carbocycles. The van der Waals surface area contributed by atoms with E-state index >= 15 is 0 Å². The van der Waals surface area contributed by atoms with Gasteiger partial charge in [0.25, 0.3) is 0 Å². The van der Waals surface area contributed by atoms with Crippen LogP contribution in [0, 0.1) is 0 Å². The fraction of sp³-hybridized carbons (Fsp3) is 0.333. The molecular formula is C15H18FNO2S. The predicted octanol–water partition coefficient (Wildman–Crippen LogP) is 3.63.